The molecule has 0 aromatic carbocycles. The third kappa shape index (κ3) is 4.21. The highest BCUT2D eigenvalue weighted by molar-refractivity contribution is 7.14. The number of rotatable bonds is 3. The fourth-order valence-corrected chi connectivity index (χ4v) is 5.15. The van der Waals surface area contributed by atoms with Crippen LogP contribution in [0.5, 0.6) is 0 Å². The Labute approximate surface area is 182 Å². The molecule has 2 aromatic rings. The Bertz CT molecular complexity index is 794. The summed E-state index contributed by atoms with van der Waals surface area (Å²) in [5.41, 5.74) is 1.96. The molecule has 0 radical (unpaired) electrons. The lowest BCUT2D eigenvalue weighted by Crippen LogP contribution is -2.44. The Morgan fingerprint density at radius 2 is 2.07 bits per heavy atom. The maximum absolute atomic E-state index is 13.1. The van der Waals surface area contributed by atoms with E-state index in [4.69, 9.17) is 4.74 Å². The number of hydrogen-bond donors (Lipinski definition) is 1. The molecule has 8 heteroatoms. The second kappa shape index (κ2) is 9.55. The second-order valence-corrected chi connectivity index (χ2v) is 8.27. The lowest BCUT2D eigenvalue weighted by Gasteiger charge is -2.40. The van der Waals surface area contributed by atoms with Crippen LogP contribution in [-0.4, -0.2) is 42.5 Å². The molecule has 1 amide bonds. The number of pyridine rings is 1. The minimum absolute atomic E-state index is 0. The van der Waals surface area contributed by atoms with Crippen molar-refractivity contribution in [2.24, 2.45) is 0 Å². The number of ether oxygens (including phenoxy) is 1. The molecule has 5 nitrogen and oxygen atoms in total. The fourth-order valence-electron chi connectivity index (χ4n) is 3.94. The molecule has 1 atom stereocenters. The van der Waals surface area contributed by atoms with E-state index in [0.29, 0.717) is 0 Å². The van der Waals surface area contributed by atoms with Crippen LogP contribution in [0.2, 0.25) is 0 Å². The van der Waals surface area contributed by atoms with Gasteiger partial charge in [-0.05, 0) is 56.6 Å². The van der Waals surface area contributed by atoms with Crippen LogP contribution < -0.4 is 5.32 Å². The van der Waals surface area contributed by atoms with Crippen molar-refractivity contribution >= 4 is 42.1 Å². The van der Waals surface area contributed by atoms with Crippen LogP contribution >= 0.6 is 36.2 Å². The minimum atomic E-state index is -0.195. The van der Waals surface area contributed by atoms with E-state index < -0.39 is 0 Å². The van der Waals surface area contributed by atoms with Gasteiger partial charge < -0.3 is 15.0 Å². The number of carbonyl (C=O) groups excluding carboxylic acids is 1. The number of hydrogen-bond acceptors (Lipinski definition) is 5. The fraction of sp³-hybridized carbons (Fsp3) is 0.500. The van der Waals surface area contributed by atoms with Gasteiger partial charge in [-0.2, -0.15) is 0 Å². The number of piperidine rings is 1. The number of nitrogens with zero attached hydrogens (tertiary/aromatic N) is 2. The van der Waals surface area contributed by atoms with Gasteiger partial charge in [0, 0.05) is 24.5 Å². The van der Waals surface area contributed by atoms with Gasteiger partial charge in [-0.1, -0.05) is 6.07 Å². The zero-order valence-corrected chi connectivity index (χ0v) is 18.6. The molecular weight excluding hydrogens is 417 g/mol. The van der Waals surface area contributed by atoms with Gasteiger partial charge in [0.1, 0.15) is 0 Å². The minimum Gasteiger partial charge on any atom is -0.370 e. The lowest BCUT2D eigenvalue weighted by atomic mass is 9.83. The average molecular weight is 444 g/mol. The van der Waals surface area contributed by atoms with Crippen LogP contribution in [0.15, 0.2) is 30.5 Å². The van der Waals surface area contributed by atoms with Crippen molar-refractivity contribution in [3.05, 3.63) is 51.5 Å². The number of aromatic nitrogens is 1. The third-order valence-corrected chi connectivity index (χ3v) is 6.83. The highest BCUT2D eigenvalue weighted by Gasteiger charge is 2.41. The van der Waals surface area contributed by atoms with E-state index in [1.54, 1.807) is 22.4 Å². The van der Waals surface area contributed by atoms with E-state index in [1.165, 1.54) is 10.4 Å². The second-order valence-electron chi connectivity index (χ2n) is 7.14. The Morgan fingerprint density at radius 1 is 1.32 bits per heavy atom. The molecule has 1 unspecified atom stereocenters. The molecule has 2 aliphatic rings. The first-order valence-electron chi connectivity index (χ1n) is 9.27. The normalized spacial score (nSPS) is 18.4. The van der Waals surface area contributed by atoms with Crippen molar-refractivity contribution in [2.45, 2.75) is 37.8 Å². The Kier molecular flexibility index (Phi) is 7.88. The van der Waals surface area contributed by atoms with Crippen LogP contribution in [0.25, 0.3) is 0 Å². The van der Waals surface area contributed by atoms with Crippen LogP contribution in [0, 0.1) is 0 Å². The van der Waals surface area contributed by atoms with E-state index in [0.717, 1.165) is 49.5 Å². The van der Waals surface area contributed by atoms with E-state index in [9.17, 15) is 4.79 Å². The number of carbonyl (C=O) groups is 1. The molecule has 1 saturated heterocycles. The summed E-state index contributed by atoms with van der Waals surface area (Å²) >= 11 is 1.64. The molecule has 4 rings (SSSR count). The van der Waals surface area contributed by atoms with Gasteiger partial charge in [0.05, 0.1) is 28.8 Å². The summed E-state index contributed by atoms with van der Waals surface area (Å²) in [6.45, 7) is 4.71. The van der Waals surface area contributed by atoms with Crippen LogP contribution in [0.1, 0.15) is 51.6 Å². The summed E-state index contributed by atoms with van der Waals surface area (Å²) in [5, 5.41) is 3.41. The van der Waals surface area contributed by atoms with Gasteiger partial charge in [0.2, 0.25) is 0 Å². The zero-order chi connectivity index (χ0) is 18.1. The molecular formula is C20H27Cl2N3O2S. The van der Waals surface area contributed by atoms with Gasteiger partial charge in [-0.25, -0.2) is 0 Å². The summed E-state index contributed by atoms with van der Waals surface area (Å²) in [7, 11) is 1.86. The Morgan fingerprint density at radius 3 is 2.75 bits per heavy atom. The molecule has 0 saturated carbocycles. The van der Waals surface area contributed by atoms with Gasteiger partial charge in [-0.15, -0.1) is 36.2 Å². The third-order valence-electron chi connectivity index (χ3n) is 5.65. The number of nitrogens with one attached hydrogen (secondary N) is 1. The summed E-state index contributed by atoms with van der Waals surface area (Å²) in [5.74, 6) is 0.0617. The van der Waals surface area contributed by atoms with E-state index in [2.05, 4.69) is 16.4 Å². The molecule has 1 N–H and O–H groups in total. The first-order valence-corrected chi connectivity index (χ1v) is 10.1. The average Bonchev–Trinajstić information content (AvgIpc) is 3.14. The van der Waals surface area contributed by atoms with Crippen LogP contribution in [-0.2, 0) is 16.8 Å². The molecule has 0 bridgehead atoms. The first-order chi connectivity index (χ1) is 12.6. The Balaban J connectivity index is 0.00000140. The van der Waals surface area contributed by atoms with Gasteiger partial charge >= 0.3 is 0 Å². The predicted octanol–water partition coefficient (Wildman–Crippen LogP) is 3.97. The van der Waals surface area contributed by atoms with Crippen molar-refractivity contribution in [2.75, 3.05) is 26.7 Å². The van der Waals surface area contributed by atoms with Crippen LogP contribution in [0.3, 0.4) is 0 Å². The van der Waals surface area contributed by atoms with Crippen LogP contribution in [0.4, 0.5) is 0 Å². The SMILES string of the molecule is CC(c1ccccn1)N(C)C(=O)c1cc2c(s1)CCOC21CCNCC1.Cl.Cl. The maximum Gasteiger partial charge on any atom is 0.264 e. The largest absolute Gasteiger partial charge is 0.370 e. The summed E-state index contributed by atoms with van der Waals surface area (Å²) in [6, 6.07) is 7.84. The van der Waals surface area contributed by atoms with E-state index in [-0.39, 0.29) is 42.4 Å². The van der Waals surface area contributed by atoms with E-state index in [1.807, 2.05) is 32.2 Å². The molecule has 0 aliphatic carbocycles. The standard InChI is InChI=1S/C20H25N3O2S.2ClH/c1-14(16-5-3-4-9-22-16)23(2)19(24)18-13-15-17(26-18)6-12-25-20(15)7-10-21-11-8-20;;/h3-5,9,13-14,21H,6-8,10-12H2,1-2H3;2*1H. The summed E-state index contributed by atoms with van der Waals surface area (Å²) in [6.07, 6.45) is 4.63. The van der Waals surface area contributed by atoms with Crippen molar-refractivity contribution in [3.8, 4) is 0 Å². The van der Waals surface area contributed by atoms with E-state index >= 15 is 0 Å². The Hall–Kier alpha value is -1.18. The van der Waals surface area contributed by atoms with Crippen molar-refractivity contribution in [3.63, 3.8) is 0 Å². The smallest absolute Gasteiger partial charge is 0.264 e. The summed E-state index contributed by atoms with van der Waals surface area (Å²) < 4.78 is 6.23. The molecule has 4 heterocycles. The highest BCUT2D eigenvalue weighted by Crippen LogP contribution is 2.43. The molecule has 2 aromatic heterocycles. The quantitative estimate of drug-likeness (QED) is 0.779. The lowest BCUT2D eigenvalue weighted by molar-refractivity contribution is -0.0792. The number of fused-ring (bicyclic) bond motifs is 2. The summed E-state index contributed by atoms with van der Waals surface area (Å²) in [4.78, 5) is 21.4. The van der Waals surface area contributed by atoms with Crippen molar-refractivity contribution in [1.29, 1.82) is 0 Å². The number of halogens is 2. The molecule has 1 fully saturated rings. The highest BCUT2D eigenvalue weighted by atomic mass is 35.5. The van der Waals surface area contributed by atoms with Crippen molar-refractivity contribution in [1.82, 2.24) is 15.2 Å². The zero-order valence-electron chi connectivity index (χ0n) is 16.1. The molecule has 2 aliphatic heterocycles. The predicted molar refractivity (Wildman–Crippen MR) is 117 cm³/mol. The number of amides is 1. The molecule has 1 spiro atoms. The van der Waals surface area contributed by atoms with Gasteiger partial charge in [0.25, 0.3) is 5.91 Å². The number of thiophene rings is 1. The monoisotopic (exact) mass is 443 g/mol. The van der Waals surface area contributed by atoms with Gasteiger partial charge in [0.15, 0.2) is 0 Å². The molecule has 154 valence electrons. The maximum atomic E-state index is 13.1. The topological polar surface area (TPSA) is 54.5 Å². The first kappa shape index (κ1) is 23.1. The van der Waals surface area contributed by atoms with Gasteiger partial charge in [-0.3, -0.25) is 9.78 Å². The molecule has 28 heavy (non-hydrogen) atoms. The van der Waals surface area contributed by atoms with Crippen molar-refractivity contribution < 1.29 is 9.53 Å².